The molecule has 2 rings (SSSR count). The molecule has 0 spiro atoms. The number of hydrogen-bond acceptors (Lipinski definition) is 2. The summed E-state index contributed by atoms with van der Waals surface area (Å²) in [6.45, 7) is 3.97. The first-order valence-electron chi connectivity index (χ1n) is 6.53. The van der Waals surface area contributed by atoms with Gasteiger partial charge in [-0.1, -0.05) is 36.7 Å². The number of nitrogens with zero attached hydrogens (tertiary/aromatic N) is 2. The molecule has 0 unspecified atom stereocenters. The van der Waals surface area contributed by atoms with Gasteiger partial charge in [-0.05, 0) is 37.1 Å². The highest BCUT2D eigenvalue weighted by molar-refractivity contribution is 6.29. The molecule has 0 saturated carbocycles. The van der Waals surface area contributed by atoms with E-state index in [1.54, 1.807) is 24.1 Å². The Morgan fingerprint density at radius 3 is 2.65 bits per heavy atom. The molecule has 2 aromatic rings. The van der Waals surface area contributed by atoms with Gasteiger partial charge in [0.05, 0.1) is 0 Å². The fourth-order valence-corrected chi connectivity index (χ4v) is 2.32. The average Bonchev–Trinajstić information content (AvgIpc) is 2.45. The first kappa shape index (κ1) is 14.5. The molecule has 0 aliphatic carbocycles. The van der Waals surface area contributed by atoms with Gasteiger partial charge in [0.1, 0.15) is 5.15 Å². The van der Waals surface area contributed by atoms with Gasteiger partial charge in [-0.15, -0.1) is 0 Å². The molecule has 0 atom stereocenters. The van der Waals surface area contributed by atoms with Gasteiger partial charge in [0.15, 0.2) is 0 Å². The van der Waals surface area contributed by atoms with Crippen molar-refractivity contribution in [1.82, 2.24) is 4.98 Å². The van der Waals surface area contributed by atoms with E-state index in [9.17, 15) is 4.79 Å². The molecule has 1 heterocycles. The number of para-hydroxylation sites is 1. The van der Waals surface area contributed by atoms with Crippen molar-refractivity contribution in [2.75, 3.05) is 11.9 Å². The number of pyridine rings is 1. The molecule has 104 valence electrons. The van der Waals surface area contributed by atoms with Gasteiger partial charge >= 0.3 is 0 Å². The maximum Gasteiger partial charge on any atom is 0.258 e. The van der Waals surface area contributed by atoms with E-state index in [0.29, 0.717) is 10.7 Å². The van der Waals surface area contributed by atoms with Gasteiger partial charge < -0.3 is 4.90 Å². The molecule has 20 heavy (non-hydrogen) atoms. The van der Waals surface area contributed by atoms with Gasteiger partial charge in [0.2, 0.25) is 0 Å². The second-order valence-electron chi connectivity index (χ2n) is 4.67. The first-order chi connectivity index (χ1) is 9.52. The van der Waals surface area contributed by atoms with E-state index < -0.39 is 0 Å². The lowest BCUT2D eigenvalue weighted by Gasteiger charge is -2.19. The standard InChI is InChI=1S/C16H17ClN2O/c1-4-13-9-12(10-15(17)18-13)16(20)19(3)14-8-6-5-7-11(14)2/h5-10H,4H2,1-3H3. The molecule has 1 aromatic carbocycles. The minimum absolute atomic E-state index is 0.0849. The molecule has 0 bridgehead atoms. The summed E-state index contributed by atoms with van der Waals surface area (Å²) in [6.07, 6.45) is 0.745. The summed E-state index contributed by atoms with van der Waals surface area (Å²) in [5.41, 5.74) is 3.33. The molecule has 0 aliphatic rings. The first-order valence-corrected chi connectivity index (χ1v) is 6.91. The largest absolute Gasteiger partial charge is 0.311 e. The topological polar surface area (TPSA) is 33.2 Å². The van der Waals surface area contributed by atoms with Crippen LogP contribution in [0.2, 0.25) is 5.15 Å². The van der Waals surface area contributed by atoms with Gasteiger partial charge in [-0.2, -0.15) is 0 Å². The van der Waals surface area contributed by atoms with Gasteiger partial charge in [-0.25, -0.2) is 4.98 Å². The Morgan fingerprint density at radius 1 is 1.30 bits per heavy atom. The van der Waals surface area contributed by atoms with Crippen LogP contribution in [0, 0.1) is 6.92 Å². The van der Waals surface area contributed by atoms with Gasteiger partial charge in [-0.3, -0.25) is 4.79 Å². The number of hydrogen-bond donors (Lipinski definition) is 0. The zero-order valence-electron chi connectivity index (χ0n) is 11.9. The van der Waals surface area contributed by atoms with Crippen LogP contribution in [-0.4, -0.2) is 17.9 Å². The van der Waals surface area contributed by atoms with E-state index in [0.717, 1.165) is 23.4 Å². The summed E-state index contributed by atoms with van der Waals surface area (Å²) in [5.74, 6) is -0.0849. The van der Waals surface area contributed by atoms with Crippen LogP contribution in [0.1, 0.15) is 28.5 Å². The van der Waals surface area contributed by atoms with Crippen molar-refractivity contribution in [3.63, 3.8) is 0 Å². The molecule has 1 aromatic heterocycles. The Balaban J connectivity index is 2.36. The van der Waals surface area contributed by atoms with E-state index in [2.05, 4.69) is 4.98 Å². The van der Waals surface area contributed by atoms with Crippen molar-refractivity contribution in [2.45, 2.75) is 20.3 Å². The van der Waals surface area contributed by atoms with Crippen LogP contribution < -0.4 is 4.90 Å². The predicted octanol–water partition coefficient (Wildman–Crippen LogP) is 3.88. The SMILES string of the molecule is CCc1cc(C(=O)N(C)c2ccccc2C)cc(Cl)n1. The minimum atomic E-state index is -0.0849. The van der Waals surface area contributed by atoms with Crippen LogP contribution >= 0.6 is 11.6 Å². The molecule has 0 radical (unpaired) electrons. The molecular formula is C16H17ClN2O. The van der Waals surface area contributed by atoms with E-state index in [1.165, 1.54) is 0 Å². The zero-order chi connectivity index (χ0) is 14.7. The lowest BCUT2D eigenvalue weighted by atomic mass is 10.1. The predicted molar refractivity (Wildman–Crippen MR) is 82.5 cm³/mol. The number of carbonyl (C=O) groups is 1. The third-order valence-corrected chi connectivity index (χ3v) is 3.43. The second kappa shape index (κ2) is 6.06. The monoisotopic (exact) mass is 288 g/mol. The van der Waals surface area contributed by atoms with Crippen molar-refractivity contribution in [3.8, 4) is 0 Å². The number of carbonyl (C=O) groups excluding carboxylic acids is 1. The lowest BCUT2D eigenvalue weighted by Crippen LogP contribution is -2.27. The number of aromatic nitrogens is 1. The number of halogens is 1. The number of aryl methyl sites for hydroxylation is 2. The summed E-state index contributed by atoms with van der Waals surface area (Å²) < 4.78 is 0. The van der Waals surface area contributed by atoms with E-state index in [-0.39, 0.29) is 5.91 Å². The average molecular weight is 289 g/mol. The van der Waals surface area contributed by atoms with Crippen molar-refractivity contribution >= 4 is 23.2 Å². The van der Waals surface area contributed by atoms with Crippen molar-refractivity contribution < 1.29 is 4.79 Å². The van der Waals surface area contributed by atoms with Crippen molar-refractivity contribution in [2.24, 2.45) is 0 Å². The Morgan fingerprint density at radius 2 is 2.00 bits per heavy atom. The highest BCUT2D eigenvalue weighted by Gasteiger charge is 2.16. The molecule has 0 fully saturated rings. The van der Waals surface area contributed by atoms with Crippen molar-refractivity contribution in [1.29, 1.82) is 0 Å². The number of rotatable bonds is 3. The molecule has 4 heteroatoms. The number of amides is 1. The summed E-state index contributed by atoms with van der Waals surface area (Å²) in [7, 11) is 1.77. The minimum Gasteiger partial charge on any atom is -0.311 e. The van der Waals surface area contributed by atoms with E-state index >= 15 is 0 Å². The highest BCUT2D eigenvalue weighted by atomic mass is 35.5. The highest BCUT2D eigenvalue weighted by Crippen LogP contribution is 2.21. The maximum atomic E-state index is 12.6. The molecule has 0 N–H and O–H groups in total. The summed E-state index contributed by atoms with van der Waals surface area (Å²) in [5, 5.41) is 0.353. The van der Waals surface area contributed by atoms with Crippen LogP contribution in [-0.2, 0) is 6.42 Å². The quantitative estimate of drug-likeness (QED) is 0.803. The fraction of sp³-hybridized carbons (Fsp3) is 0.250. The number of benzene rings is 1. The molecule has 0 aliphatic heterocycles. The summed E-state index contributed by atoms with van der Waals surface area (Å²) >= 11 is 5.97. The fourth-order valence-electron chi connectivity index (χ4n) is 2.10. The molecule has 3 nitrogen and oxygen atoms in total. The van der Waals surface area contributed by atoms with E-state index in [1.807, 2.05) is 38.1 Å². The van der Waals surface area contributed by atoms with E-state index in [4.69, 9.17) is 11.6 Å². The Bertz CT molecular complexity index is 640. The van der Waals surface area contributed by atoms with Crippen LogP contribution in [0.4, 0.5) is 5.69 Å². The normalized spacial score (nSPS) is 10.4. The lowest BCUT2D eigenvalue weighted by molar-refractivity contribution is 0.0992. The van der Waals surface area contributed by atoms with Crippen LogP contribution in [0.5, 0.6) is 0 Å². The molecule has 1 amide bonds. The van der Waals surface area contributed by atoms with Crippen LogP contribution in [0.15, 0.2) is 36.4 Å². The Labute approximate surface area is 124 Å². The van der Waals surface area contributed by atoms with Crippen molar-refractivity contribution in [3.05, 3.63) is 58.4 Å². The Kier molecular flexibility index (Phi) is 4.40. The van der Waals surface area contributed by atoms with Gasteiger partial charge in [0, 0.05) is 24.0 Å². The third kappa shape index (κ3) is 2.99. The number of anilines is 1. The van der Waals surface area contributed by atoms with Crippen LogP contribution in [0.3, 0.4) is 0 Å². The summed E-state index contributed by atoms with van der Waals surface area (Å²) in [4.78, 5) is 18.4. The molecule has 0 saturated heterocycles. The van der Waals surface area contributed by atoms with Gasteiger partial charge in [0.25, 0.3) is 5.91 Å². The Hall–Kier alpha value is -1.87. The second-order valence-corrected chi connectivity index (χ2v) is 5.06. The smallest absolute Gasteiger partial charge is 0.258 e. The third-order valence-electron chi connectivity index (χ3n) is 3.24. The van der Waals surface area contributed by atoms with Crippen LogP contribution in [0.25, 0.3) is 0 Å². The summed E-state index contributed by atoms with van der Waals surface area (Å²) in [6, 6.07) is 11.2. The maximum absolute atomic E-state index is 12.6. The molecular weight excluding hydrogens is 272 g/mol. The zero-order valence-corrected chi connectivity index (χ0v) is 12.6.